The molecule has 2 heterocycles. The van der Waals surface area contributed by atoms with Crippen LogP contribution in [0.25, 0.3) is 0 Å². The Morgan fingerprint density at radius 2 is 2.06 bits per heavy atom. The quantitative estimate of drug-likeness (QED) is 0.818. The molecule has 3 nitrogen and oxygen atoms in total. The lowest BCUT2D eigenvalue weighted by atomic mass is 9.78. The third-order valence-corrected chi connectivity index (χ3v) is 5.11. The second-order valence-corrected chi connectivity index (χ2v) is 6.57. The minimum absolute atomic E-state index is 0.271. The predicted molar refractivity (Wildman–Crippen MR) is 74.4 cm³/mol. The number of carbonyl (C=O) groups is 1. The predicted octanol–water partition coefficient (Wildman–Crippen LogP) is 2.41. The molecular weight excluding hydrogens is 224 g/mol. The van der Waals surface area contributed by atoms with Gasteiger partial charge in [-0.1, -0.05) is 20.3 Å². The van der Waals surface area contributed by atoms with Gasteiger partial charge in [0.1, 0.15) is 0 Å². The zero-order valence-electron chi connectivity index (χ0n) is 12.2. The van der Waals surface area contributed by atoms with Crippen molar-refractivity contribution in [3.63, 3.8) is 0 Å². The monoisotopic (exact) mass is 252 g/mol. The smallest absolute Gasteiger partial charge is 0.225 e. The van der Waals surface area contributed by atoms with E-state index in [2.05, 4.69) is 31.0 Å². The van der Waals surface area contributed by atoms with Gasteiger partial charge in [0.2, 0.25) is 5.91 Å². The van der Waals surface area contributed by atoms with Gasteiger partial charge in [0, 0.05) is 25.0 Å². The number of piperidine rings is 2. The van der Waals surface area contributed by atoms with Gasteiger partial charge in [0.15, 0.2) is 0 Å². The molecule has 0 aromatic heterocycles. The summed E-state index contributed by atoms with van der Waals surface area (Å²) in [5.41, 5.74) is 0.470. The number of hydrogen-bond donors (Lipinski definition) is 1. The first kappa shape index (κ1) is 13.9. The van der Waals surface area contributed by atoms with Crippen molar-refractivity contribution in [1.82, 2.24) is 10.2 Å². The van der Waals surface area contributed by atoms with Gasteiger partial charge in [-0.3, -0.25) is 4.79 Å². The van der Waals surface area contributed by atoms with Gasteiger partial charge in [-0.05, 0) is 44.6 Å². The maximum absolute atomic E-state index is 12.5. The second kappa shape index (κ2) is 5.60. The van der Waals surface area contributed by atoms with Gasteiger partial charge in [0.25, 0.3) is 0 Å². The zero-order chi connectivity index (χ0) is 13.2. The summed E-state index contributed by atoms with van der Waals surface area (Å²) in [6, 6.07) is 0.499. The van der Waals surface area contributed by atoms with Gasteiger partial charge in [-0.15, -0.1) is 0 Å². The third-order valence-electron chi connectivity index (χ3n) is 5.11. The Hall–Kier alpha value is -0.570. The van der Waals surface area contributed by atoms with E-state index in [1.807, 2.05) is 0 Å². The van der Waals surface area contributed by atoms with Crippen molar-refractivity contribution < 1.29 is 4.79 Å². The minimum atomic E-state index is 0.271. The Kier molecular flexibility index (Phi) is 4.31. The van der Waals surface area contributed by atoms with Crippen molar-refractivity contribution in [2.75, 3.05) is 19.6 Å². The van der Waals surface area contributed by atoms with Crippen molar-refractivity contribution in [2.24, 2.45) is 11.3 Å². The topological polar surface area (TPSA) is 32.3 Å². The molecule has 2 fully saturated rings. The van der Waals surface area contributed by atoms with Crippen molar-refractivity contribution >= 4 is 5.91 Å². The molecule has 0 spiro atoms. The fraction of sp³-hybridized carbons (Fsp3) is 0.933. The van der Waals surface area contributed by atoms with Crippen LogP contribution in [0.4, 0.5) is 0 Å². The lowest BCUT2D eigenvalue weighted by Crippen LogP contribution is -2.48. The normalized spacial score (nSPS) is 32.3. The molecule has 0 aromatic rings. The van der Waals surface area contributed by atoms with Gasteiger partial charge in [-0.25, -0.2) is 0 Å². The molecule has 0 aliphatic carbocycles. The van der Waals surface area contributed by atoms with E-state index in [1.54, 1.807) is 0 Å². The van der Waals surface area contributed by atoms with Gasteiger partial charge in [-0.2, -0.15) is 0 Å². The largest absolute Gasteiger partial charge is 0.342 e. The first-order valence-corrected chi connectivity index (χ1v) is 7.56. The Morgan fingerprint density at radius 3 is 2.61 bits per heavy atom. The van der Waals surface area contributed by atoms with Crippen LogP contribution in [0.5, 0.6) is 0 Å². The third kappa shape index (κ3) is 3.05. The number of rotatable bonds is 2. The van der Waals surface area contributed by atoms with E-state index >= 15 is 0 Å². The lowest BCUT2D eigenvalue weighted by molar-refractivity contribution is -0.139. The van der Waals surface area contributed by atoms with Crippen LogP contribution < -0.4 is 5.32 Å². The average Bonchev–Trinajstić information content (AvgIpc) is 2.39. The molecule has 0 aromatic carbocycles. The first-order valence-electron chi connectivity index (χ1n) is 7.56. The van der Waals surface area contributed by atoms with Crippen LogP contribution in [0.15, 0.2) is 0 Å². The van der Waals surface area contributed by atoms with Crippen molar-refractivity contribution in [2.45, 2.75) is 58.9 Å². The van der Waals surface area contributed by atoms with E-state index in [0.29, 0.717) is 17.4 Å². The second-order valence-electron chi connectivity index (χ2n) is 6.57. The maximum atomic E-state index is 12.5. The number of nitrogens with zero attached hydrogens (tertiary/aromatic N) is 1. The van der Waals surface area contributed by atoms with Gasteiger partial charge >= 0.3 is 0 Å². The van der Waals surface area contributed by atoms with Crippen LogP contribution in [-0.2, 0) is 4.79 Å². The van der Waals surface area contributed by atoms with Crippen LogP contribution in [0, 0.1) is 11.3 Å². The van der Waals surface area contributed by atoms with Gasteiger partial charge < -0.3 is 10.2 Å². The summed E-state index contributed by atoms with van der Waals surface area (Å²) >= 11 is 0. The molecule has 18 heavy (non-hydrogen) atoms. The Labute approximate surface area is 111 Å². The summed E-state index contributed by atoms with van der Waals surface area (Å²) in [6.45, 7) is 9.76. The highest BCUT2D eigenvalue weighted by atomic mass is 16.2. The zero-order valence-corrected chi connectivity index (χ0v) is 12.2. The molecule has 2 unspecified atom stereocenters. The molecule has 3 heteroatoms. The number of nitrogens with one attached hydrogen (secondary N) is 1. The SMILES string of the molecule is CCC1(C)CCN(C(=O)C2CCNC(C)C2)CC1. The molecule has 2 aliphatic heterocycles. The summed E-state index contributed by atoms with van der Waals surface area (Å²) in [4.78, 5) is 14.6. The summed E-state index contributed by atoms with van der Waals surface area (Å²) in [5, 5.41) is 3.42. The fourth-order valence-corrected chi connectivity index (χ4v) is 3.23. The van der Waals surface area contributed by atoms with Crippen LogP contribution in [0.1, 0.15) is 52.9 Å². The van der Waals surface area contributed by atoms with Crippen LogP contribution >= 0.6 is 0 Å². The molecule has 2 aliphatic rings. The first-order chi connectivity index (χ1) is 8.54. The highest BCUT2D eigenvalue weighted by molar-refractivity contribution is 5.79. The van der Waals surface area contributed by atoms with Gasteiger partial charge in [0.05, 0.1) is 0 Å². The number of amides is 1. The molecule has 2 saturated heterocycles. The number of carbonyl (C=O) groups excluding carboxylic acids is 1. The number of hydrogen-bond acceptors (Lipinski definition) is 2. The molecule has 104 valence electrons. The van der Waals surface area contributed by atoms with Crippen LogP contribution in [-0.4, -0.2) is 36.5 Å². The van der Waals surface area contributed by atoms with E-state index in [0.717, 1.165) is 32.5 Å². The van der Waals surface area contributed by atoms with E-state index in [-0.39, 0.29) is 5.92 Å². The lowest BCUT2D eigenvalue weighted by Gasteiger charge is -2.41. The molecular formula is C15H28N2O. The van der Waals surface area contributed by atoms with Crippen molar-refractivity contribution in [3.05, 3.63) is 0 Å². The fourth-order valence-electron chi connectivity index (χ4n) is 3.23. The van der Waals surface area contributed by atoms with E-state index < -0.39 is 0 Å². The Balaban J connectivity index is 1.87. The highest BCUT2D eigenvalue weighted by Gasteiger charge is 2.34. The molecule has 2 atom stereocenters. The highest BCUT2D eigenvalue weighted by Crippen LogP contribution is 2.34. The van der Waals surface area contributed by atoms with E-state index in [1.165, 1.54) is 19.3 Å². The Morgan fingerprint density at radius 1 is 1.39 bits per heavy atom. The molecule has 1 amide bonds. The van der Waals surface area contributed by atoms with Crippen molar-refractivity contribution in [1.29, 1.82) is 0 Å². The maximum Gasteiger partial charge on any atom is 0.225 e. The summed E-state index contributed by atoms with van der Waals surface area (Å²) < 4.78 is 0. The summed E-state index contributed by atoms with van der Waals surface area (Å²) in [5.74, 6) is 0.689. The van der Waals surface area contributed by atoms with Crippen molar-refractivity contribution in [3.8, 4) is 0 Å². The molecule has 0 bridgehead atoms. The molecule has 0 radical (unpaired) electrons. The van der Waals surface area contributed by atoms with Crippen LogP contribution in [0.2, 0.25) is 0 Å². The van der Waals surface area contributed by atoms with Crippen LogP contribution in [0.3, 0.4) is 0 Å². The van der Waals surface area contributed by atoms with E-state index in [9.17, 15) is 4.79 Å². The molecule has 1 N–H and O–H groups in total. The van der Waals surface area contributed by atoms with E-state index in [4.69, 9.17) is 0 Å². The molecule has 2 rings (SSSR count). The standard InChI is InChI=1S/C15H28N2O/c1-4-15(3)6-9-17(10-7-15)14(18)13-5-8-16-12(2)11-13/h12-13,16H,4-11H2,1-3H3. The number of likely N-dealkylation sites (tertiary alicyclic amines) is 1. The minimum Gasteiger partial charge on any atom is -0.342 e. The average molecular weight is 252 g/mol. The summed E-state index contributed by atoms with van der Waals surface area (Å²) in [6.07, 6.45) is 5.62. The Bertz CT molecular complexity index is 295. The molecule has 0 saturated carbocycles. The summed E-state index contributed by atoms with van der Waals surface area (Å²) in [7, 11) is 0.